The maximum Gasteiger partial charge on any atom is 0.289 e. The summed E-state index contributed by atoms with van der Waals surface area (Å²) >= 11 is 1.54. The Kier molecular flexibility index (Phi) is 5.71. The topological polar surface area (TPSA) is 79.1 Å². The fourth-order valence-electron chi connectivity index (χ4n) is 3.91. The van der Waals surface area contributed by atoms with Crippen molar-refractivity contribution in [3.8, 4) is 10.8 Å². The number of furan rings is 1. The van der Waals surface area contributed by atoms with Crippen molar-refractivity contribution in [3.63, 3.8) is 0 Å². The van der Waals surface area contributed by atoms with E-state index >= 15 is 0 Å². The summed E-state index contributed by atoms with van der Waals surface area (Å²) < 4.78 is 12.3. The van der Waals surface area contributed by atoms with Gasteiger partial charge >= 0.3 is 0 Å². The number of piperazine rings is 1. The Bertz CT molecular complexity index is 1050. The zero-order chi connectivity index (χ0) is 21.2. The molecule has 0 bridgehead atoms. The van der Waals surface area contributed by atoms with Crippen molar-refractivity contribution in [3.05, 3.63) is 42.2 Å². The summed E-state index contributed by atoms with van der Waals surface area (Å²) in [6.07, 6.45) is 0. The van der Waals surface area contributed by atoms with Crippen molar-refractivity contribution in [1.29, 1.82) is 0 Å². The van der Waals surface area contributed by atoms with Crippen molar-refractivity contribution in [2.45, 2.75) is 0 Å². The van der Waals surface area contributed by atoms with Gasteiger partial charge in [-0.25, -0.2) is 4.98 Å². The van der Waals surface area contributed by atoms with Crippen molar-refractivity contribution >= 4 is 33.4 Å². The molecular weight excluding hydrogens is 416 g/mol. The first-order valence-corrected chi connectivity index (χ1v) is 11.3. The molecule has 162 valence electrons. The number of hydrogen-bond donors (Lipinski definition) is 0. The van der Waals surface area contributed by atoms with Gasteiger partial charge in [0.2, 0.25) is 5.91 Å². The summed E-state index contributed by atoms with van der Waals surface area (Å²) in [5, 5.41) is 0.763. The van der Waals surface area contributed by atoms with Crippen LogP contribution in [-0.4, -0.2) is 90.5 Å². The molecule has 0 unspecified atom stereocenters. The third-order valence-electron chi connectivity index (χ3n) is 5.70. The molecule has 2 aliphatic heterocycles. The van der Waals surface area contributed by atoms with Gasteiger partial charge in [-0.05, 0) is 24.3 Å². The van der Waals surface area contributed by atoms with Gasteiger partial charge in [0.05, 0.1) is 30.0 Å². The molecular formula is C22H24N4O4S. The number of amides is 2. The van der Waals surface area contributed by atoms with E-state index in [1.165, 1.54) is 0 Å². The van der Waals surface area contributed by atoms with E-state index in [-0.39, 0.29) is 11.8 Å². The maximum absolute atomic E-state index is 12.9. The maximum atomic E-state index is 12.9. The molecule has 2 saturated heterocycles. The van der Waals surface area contributed by atoms with Crippen molar-refractivity contribution in [1.82, 2.24) is 19.7 Å². The monoisotopic (exact) mass is 440 g/mol. The first-order valence-electron chi connectivity index (χ1n) is 10.5. The second kappa shape index (κ2) is 8.78. The Morgan fingerprint density at radius 1 is 0.935 bits per heavy atom. The van der Waals surface area contributed by atoms with Crippen LogP contribution in [0.1, 0.15) is 10.6 Å². The Labute approximate surface area is 184 Å². The number of morpholine rings is 1. The highest BCUT2D eigenvalue weighted by Crippen LogP contribution is 2.31. The van der Waals surface area contributed by atoms with Crippen LogP contribution in [0, 0.1) is 0 Å². The minimum absolute atomic E-state index is 0.116. The third kappa shape index (κ3) is 4.34. The van der Waals surface area contributed by atoms with Gasteiger partial charge in [0, 0.05) is 39.3 Å². The Balaban J connectivity index is 1.18. The Morgan fingerprint density at radius 3 is 2.45 bits per heavy atom. The van der Waals surface area contributed by atoms with Crippen LogP contribution in [0.15, 0.2) is 40.8 Å². The van der Waals surface area contributed by atoms with Gasteiger partial charge < -0.3 is 19.0 Å². The third-order valence-corrected chi connectivity index (χ3v) is 6.75. The molecule has 2 fully saturated rings. The fraction of sp³-hybridized carbons (Fsp3) is 0.409. The highest BCUT2D eigenvalue weighted by Gasteiger charge is 2.28. The summed E-state index contributed by atoms with van der Waals surface area (Å²) in [5.74, 6) is 0.879. The number of benzene rings is 1. The number of carbonyl (C=O) groups excluding carboxylic acids is 2. The number of thiazole rings is 1. The number of aromatic nitrogens is 1. The van der Waals surface area contributed by atoms with Crippen molar-refractivity contribution in [2.24, 2.45) is 0 Å². The van der Waals surface area contributed by atoms with Crippen LogP contribution >= 0.6 is 11.3 Å². The number of para-hydroxylation sites is 1. The second-order valence-electron chi connectivity index (χ2n) is 7.71. The van der Waals surface area contributed by atoms with Crippen LogP contribution in [0.25, 0.3) is 21.0 Å². The van der Waals surface area contributed by atoms with Crippen molar-refractivity contribution in [2.75, 3.05) is 59.0 Å². The van der Waals surface area contributed by atoms with Crippen LogP contribution in [0.2, 0.25) is 0 Å². The average molecular weight is 441 g/mol. The summed E-state index contributed by atoms with van der Waals surface area (Å²) in [6, 6.07) is 11.4. The van der Waals surface area contributed by atoms with E-state index in [2.05, 4.69) is 9.88 Å². The smallest absolute Gasteiger partial charge is 0.289 e. The molecule has 9 heteroatoms. The largest absolute Gasteiger partial charge is 0.448 e. The van der Waals surface area contributed by atoms with Gasteiger partial charge in [0.1, 0.15) is 0 Å². The summed E-state index contributed by atoms with van der Waals surface area (Å²) in [4.78, 5) is 35.8. The lowest BCUT2D eigenvalue weighted by molar-refractivity contribution is -0.134. The summed E-state index contributed by atoms with van der Waals surface area (Å²) in [5.41, 5.74) is 0.921. The fourth-order valence-corrected chi connectivity index (χ4v) is 4.84. The molecule has 0 radical (unpaired) electrons. The molecule has 1 aromatic carbocycles. The van der Waals surface area contributed by atoms with Crippen LogP contribution in [0.3, 0.4) is 0 Å². The number of ether oxygens (including phenoxy) is 1. The van der Waals surface area contributed by atoms with Gasteiger partial charge in [0.25, 0.3) is 5.91 Å². The van der Waals surface area contributed by atoms with E-state index < -0.39 is 0 Å². The SMILES string of the molecule is O=C(CN1CCOCC1)N1CCN(C(=O)c2ccc(-c3nc4ccccc4s3)o2)CC1. The Morgan fingerprint density at radius 2 is 1.68 bits per heavy atom. The van der Waals surface area contributed by atoms with Crippen LogP contribution in [-0.2, 0) is 9.53 Å². The first-order chi connectivity index (χ1) is 15.2. The van der Waals surface area contributed by atoms with Gasteiger partial charge in [-0.1, -0.05) is 12.1 Å². The standard InChI is InChI=1S/C22H24N4O4S/c27-20(15-24-11-13-29-14-12-24)25-7-9-26(10-8-25)22(28)18-6-5-17(30-18)21-23-16-3-1-2-4-19(16)31-21/h1-6H,7-15H2. The zero-order valence-electron chi connectivity index (χ0n) is 17.2. The molecule has 2 amide bonds. The number of carbonyl (C=O) groups is 2. The number of rotatable bonds is 4. The van der Waals surface area contributed by atoms with Gasteiger partial charge in [-0.15, -0.1) is 11.3 Å². The normalized spacial score (nSPS) is 17.9. The molecule has 2 aromatic heterocycles. The molecule has 8 nitrogen and oxygen atoms in total. The molecule has 0 saturated carbocycles. The van der Waals surface area contributed by atoms with E-state index in [0.717, 1.165) is 28.3 Å². The average Bonchev–Trinajstić information content (AvgIpc) is 3.46. The minimum Gasteiger partial charge on any atom is -0.448 e. The van der Waals surface area contributed by atoms with E-state index in [4.69, 9.17) is 9.15 Å². The summed E-state index contributed by atoms with van der Waals surface area (Å²) in [6.45, 7) is 5.45. The van der Waals surface area contributed by atoms with Crippen LogP contribution in [0.5, 0.6) is 0 Å². The highest BCUT2D eigenvalue weighted by molar-refractivity contribution is 7.21. The van der Waals surface area contributed by atoms with Crippen LogP contribution < -0.4 is 0 Å². The van der Waals surface area contributed by atoms with E-state index in [0.29, 0.717) is 57.5 Å². The molecule has 2 aliphatic rings. The minimum atomic E-state index is -0.146. The highest BCUT2D eigenvalue weighted by atomic mass is 32.1. The molecule has 31 heavy (non-hydrogen) atoms. The second-order valence-corrected chi connectivity index (χ2v) is 8.74. The van der Waals surface area contributed by atoms with Gasteiger partial charge in [0.15, 0.2) is 16.5 Å². The van der Waals surface area contributed by atoms with E-state index in [1.807, 2.05) is 29.2 Å². The Hall–Kier alpha value is -2.75. The van der Waals surface area contributed by atoms with Gasteiger partial charge in [-0.3, -0.25) is 14.5 Å². The van der Waals surface area contributed by atoms with Gasteiger partial charge in [-0.2, -0.15) is 0 Å². The molecule has 0 aliphatic carbocycles. The van der Waals surface area contributed by atoms with E-state index in [1.54, 1.807) is 28.4 Å². The van der Waals surface area contributed by atoms with E-state index in [9.17, 15) is 9.59 Å². The number of fused-ring (bicyclic) bond motifs is 1. The molecule has 4 heterocycles. The lowest BCUT2D eigenvalue weighted by atomic mass is 10.2. The quantitative estimate of drug-likeness (QED) is 0.619. The first kappa shape index (κ1) is 20.2. The molecule has 3 aromatic rings. The van der Waals surface area contributed by atoms with Crippen LogP contribution in [0.4, 0.5) is 0 Å². The predicted molar refractivity (Wildman–Crippen MR) is 117 cm³/mol. The zero-order valence-corrected chi connectivity index (χ0v) is 18.0. The number of nitrogens with zero attached hydrogens (tertiary/aromatic N) is 4. The van der Waals surface area contributed by atoms with Crippen molar-refractivity contribution < 1.29 is 18.7 Å². The lowest BCUT2D eigenvalue weighted by Crippen LogP contribution is -2.53. The predicted octanol–water partition coefficient (Wildman–Crippen LogP) is 2.17. The summed E-state index contributed by atoms with van der Waals surface area (Å²) in [7, 11) is 0. The lowest BCUT2D eigenvalue weighted by Gasteiger charge is -2.36. The molecule has 0 N–H and O–H groups in total. The number of hydrogen-bond acceptors (Lipinski definition) is 7. The molecule has 0 spiro atoms. The molecule has 0 atom stereocenters. The molecule has 5 rings (SSSR count).